The molecule has 7 aromatic rings. The average molecular weight is 679 g/mol. The van der Waals surface area contributed by atoms with Crippen molar-refractivity contribution >= 4 is 62.1 Å². The first-order valence-corrected chi connectivity index (χ1v) is 22.3. The molecule has 0 saturated carbocycles. The van der Waals surface area contributed by atoms with Crippen LogP contribution in [0.15, 0.2) is 121 Å². The molecule has 0 radical (unpaired) electrons. The predicted octanol–water partition coefficient (Wildman–Crippen LogP) is 11.3. The zero-order valence-electron chi connectivity index (χ0n) is 30.0. The van der Waals surface area contributed by atoms with Gasteiger partial charge in [-0.15, -0.1) is 0 Å². The van der Waals surface area contributed by atoms with Crippen LogP contribution >= 0.6 is 0 Å². The van der Waals surface area contributed by atoms with E-state index in [1.165, 1.54) is 116 Å². The lowest BCUT2D eigenvalue weighted by molar-refractivity contribution is 0.578. The first-order valence-electron chi connectivity index (χ1n) is 19.3. The van der Waals surface area contributed by atoms with Crippen molar-refractivity contribution in [3.05, 3.63) is 121 Å². The highest BCUT2D eigenvalue weighted by molar-refractivity contribution is 7.03. The highest BCUT2D eigenvalue weighted by Gasteiger charge is 2.37. The minimum atomic E-state index is -1.76. The Hall–Kier alpha value is -4.86. The minimum absolute atomic E-state index is 1.14. The smallest absolute Gasteiger partial charge is 0.113 e. The topological polar surface area (TPSA) is 6.48 Å². The maximum absolute atomic E-state index is 2.62. The molecular formula is C48H46N2Si. The largest absolute Gasteiger partial charge is 0.372 e. The molecule has 2 fully saturated rings. The average Bonchev–Trinajstić information content (AvgIpc) is 3.42. The lowest BCUT2D eigenvalue weighted by atomic mass is 9.84. The molecule has 0 aromatic heterocycles. The number of rotatable bonds is 4. The van der Waals surface area contributed by atoms with Gasteiger partial charge in [-0.05, 0) is 151 Å². The van der Waals surface area contributed by atoms with Crippen molar-refractivity contribution in [1.29, 1.82) is 0 Å². The van der Waals surface area contributed by atoms with Crippen LogP contribution in [0.1, 0.15) is 38.5 Å². The van der Waals surface area contributed by atoms with Crippen molar-refractivity contribution in [2.75, 3.05) is 36.0 Å². The minimum Gasteiger partial charge on any atom is -0.372 e. The third-order valence-corrected chi connectivity index (χ3v) is 16.0. The van der Waals surface area contributed by atoms with Crippen LogP contribution in [0.3, 0.4) is 0 Å². The van der Waals surface area contributed by atoms with Gasteiger partial charge in [-0.25, -0.2) is 0 Å². The SMILES string of the molecule is C[Si]1(C)c2ccccc2-c2cc(-c3c4ccc(N5CCCCC5)cc4c(-c4ccc5ccccc5c4)c4ccc(N5CCCCC5)cc34)ccc21. The van der Waals surface area contributed by atoms with E-state index in [9.17, 15) is 0 Å². The van der Waals surface area contributed by atoms with E-state index in [0.717, 1.165) is 26.2 Å². The number of benzene rings is 7. The summed E-state index contributed by atoms with van der Waals surface area (Å²) in [4.78, 5) is 5.24. The second kappa shape index (κ2) is 12.1. The standard InChI is InChI=1S/C48H46N2Si/c1-51(2)45-16-8-7-15-39(45)42-30-36(19-24-46(42)51)48-41-23-21-37(49-25-9-3-10-26-49)31-43(41)47(35-18-17-33-13-5-6-14-34(33)29-35)40-22-20-38(32-44(40)48)50-27-11-4-12-28-50/h5-8,13-24,29-32H,3-4,9-12,25-28H2,1-2H3. The van der Waals surface area contributed by atoms with Gasteiger partial charge in [0.15, 0.2) is 0 Å². The molecule has 3 heteroatoms. The second-order valence-electron chi connectivity index (χ2n) is 15.8. The highest BCUT2D eigenvalue weighted by Crippen LogP contribution is 2.47. The van der Waals surface area contributed by atoms with Crippen LogP contribution < -0.4 is 20.2 Å². The molecule has 252 valence electrons. The zero-order chi connectivity index (χ0) is 34.1. The Labute approximate surface area is 303 Å². The van der Waals surface area contributed by atoms with E-state index >= 15 is 0 Å². The van der Waals surface area contributed by atoms with Crippen molar-refractivity contribution in [1.82, 2.24) is 0 Å². The Balaban J connectivity index is 1.29. The van der Waals surface area contributed by atoms with Crippen LogP contribution in [0.25, 0.3) is 65.7 Å². The molecule has 0 N–H and O–H groups in total. The van der Waals surface area contributed by atoms with E-state index in [-0.39, 0.29) is 0 Å². The van der Waals surface area contributed by atoms with Crippen LogP contribution in [0.4, 0.5) is 11.4 Å². The van der Waals surface area contributed by atoms with E-state index in [2.05, 4.69) is 144 Å². The van der Waals surface area contributed by atoms with Gasteiger partial charge in [-0.1, -0.05) is 98.0 Å². The van der Waals surface area contributed by atoms with Crippen molar-refractivity contribution in [2.24, 2.45) is 0 Å². The molecule has 0 amide bonds. The number of fused-ring (bicyclic) bond motifs is 6. The maximum atomic E-state index is 2.62. The van der Waals surface area contributed by atoms with Gasteiger partial charge in [0.05, 0.1) is 0 Å². The Kier molecular flexibility index (Phi) is 7.35. The fourth-order valence-electron chi connectivity index (χ4n) is 9.74. The first kappa shape index (κ1) is 30.9. The molecule has 0 atom stereocenters. The van der Waals surface area contributed by atoms with Crippen LogP contribution in [0.5, 0.6) is 0 Å². The summed E-state index contributed by atoms with van der Waals surface area (Å²) in [7, 11) is -1.76. The number of piperidine rings is 2. The molecule has 3 aliphatic heterocycles. The summed E-state index contributed by atoms with van der Waals surface area (Å²) in [5, 5.41) is 11.1. The summed E-state index contributed by atoms with van der Waals surface area (Å²) >= 11 is 0. The van der Waals surface area contributed by atoms with Gasteiger partial charge in [-0.3, -0.25) is 0 Å². The van der Waals surface area contributed by atoms with Crippen molar-refractivity contribution in [3.63, 3.8) is 0 Å². The molecule has 51 heavy (non-hydrogen) atoms. The summed E-state index contributed by atoms with van der Waals surface area (Å²) in [6.07, 6.45) is 7.76. The summed E-state index contributed by atoms with van der Waals surface area (Å²) in [5.74, 6) is 0. The molecule has 0 aliphatic carbocycles. The van der Waals surface area contributed by atoms with E-state index in [4.69, 9.17) is 0 Å². The Morgan fingerprint density at radius 2 is 0.941 bits per heavy atom. The fraction of sp³-hybridized carbons (Fsp3) is 0.250. The van der Waals surface area contributed by atoms with Gasteiger partial charge in [0.2, 0.25) is 0 Å². The second-order valence-corrected chi connectivity index (χ2v) is 20.1. The first-order chi connectivity index (χ1) is 25.0. The van der Waals surface area contributed by atoms with Crippen LogP contribution in [0.2, 0.25) is 13.1 Å². The fourth-order valence-corrected chi connectivity index (χ4v) is 12.8. The maximum Gasteiger partial charge on any atom is 0.113 e. The van der Waals surface area contributed by atoms with Crippen LogP contribution in [0, 0.1) is 0 Å². The third kappa shape index (κ3) is 5.04. The van der Waals surface area contributed by atoms with E-state index < -0.39 is 8.07 Å². The van der Waals surface area contributed by atoms with Gasteiger partial charge in [0.1, 0.15) is 8.07 Å². The molecule has 2 saturated heterocycles. The number of anilines is 2. The predicted molar refractivity (Wildman–Crippen MR) is 224 cm³/mol. The molecule has 7 aromatic carbocycles. The zero-order valence-corrected chi connectivity index (χ0v) is 31.0. The Bertz CT molecular complexity index is 2480. The van der Waals surface area contributed by atoms with Gasteiger partial charge in [0.25, 0.3) is 0 Å². The van der Waals surface area contributed by atoms with E-state index in [1.807, 2.05) is 0 Å². The molecule has 10 rings (SSSR count). The number of nitrogens with zero attached hydrogens (tertiary/aromatic N) is 2. The molecule has 3 aliphatic rings. The Morgan fingerprint density at radius 3 is 1.59 bits per heavy atom. The Morgan fingerprint density at radius 1 is 0.412 bits per heavy atom. The molecule has 0 bridgehead atoms. The summed E-state index contributed by atoms with van der Waals surface area (Å²) < 4.78 is 0. The van der Waals surface area contributed by atoms with Crippen molar-refractivity contribution < 1.29 is 0 Å². The molecular weight excluding hydrogens is 633 g/mol. The monoisotopic (exact) mass is 678 g/mol. The van der Waals surface area contributed by atoms with Gasteiger partial charge < -0.3 is 9.80 Å². The quantitative estimate of drug-likeness (QED) is 0.135. The molecule has 3 heterocycles. The van der Waals surface area contributed by atoms with Crippen LogP contribution in [-0.2, 0) is 0 Å². The summed E-state index contributed by atoms with van der Waals surface area (Å²) in [5.41, 5.74) is 11.0. The van der Waals surface area contributed by atoms with Crippen molar-refractivity contribution in [2.45, 2.75) is 51.6 Å². The lowest BCUT2D eigenvalue weighted by Crippen LogP contribution is -2.49. The normalized spacial score (nSPS) is 16.9. The van der Waals surface area contributed by atoms with Crippen molar-refractivity contribution in [3.8, 4) is 33.4 Å². The van der Waals surface area contributed by atoms with E-state index in [0.29, 0.717) is 0 Å². The van der Waals surface area contributed by atoms with E-state index in [1.54, 1.807) is 10.4 Å². The number of hydrogen-bond donors (Lipinski definition) is 0. The van der Waals surface area contributed by atoms with Crippen LogP contribution in [-0.4, -0.2) is 34.3 Å². The molecule has 2 nitrogen and oxygen atoms in total. The summed E-state index contributed by atoms with van der Waals surface area (Å²) in [6.45, 7) is 9.60. The van der Waals surface area contributed by atoms with Gasteiger partial charge >= 0.3 is 0 Å². The third-order valence-electron chi connectivity index (χ3n) is 12.4. The lowest BCUT2D eigenvalue weighted by Gasteiger charge is -2.30. The summed E-state index contributed by atoms with van der Waals surface area (Å²) in [6, 6.07) is 47.4. The number of hydrogen-bond acceptors (Lipinski definition) is 2. The molecule has 0 spiro atoms. The van der Waals surface area contributed by atoms with Gasteiger partial charge in [-0.2, -0.15) is 0 Å². The highest BCUT2D eigenvalue weighted by atomic mass is 28.3. The molecule has 0 unspecified atom stereocenters. The van der Waals surface area contributed by atoms with Gasteiger partial charge in [0, 0.05) is 37.6 Å².